The molecule has 0 fully saturated rings. The monoisotopic (exact) mass is 279 g/mol. The zero-order valence-electron chi connectivity index (χ0n) is 9.38. The third kappa shape index (κ3) is 2.54. The summed E-state index contributed by atoms with van der Waals surface area (Å²) in [7, 11) is 1.91. The van der Waals surface area contributed by atoms with Crippen molar-refractivity contribution in [2.75, 3.05) is 7.05 Å². The average Bonchev–Trinajstić information content (AvgIpc) is 2.65. The third-order valence-electron chi connectivity index (χ3n) is 2.34. The third-order valence-corrected chi connectivity index (χ3v) is 2.80. The Morgan fingerprint density at radius 2 is 2.06 bits per heavy atom. The van der Waals surface area contributed by atoms with Crippen LogP contribution in [0.3, 0.4) is 0 Å². The highest BCUT2D eigenvalue weighted by molar-refractivity contribution is 9.10. The first-order valence-corrected chi connectivity index (χ1v) is 5.99. The maximum absolute atomic E-state index is 5.74. The molecule has 1 aromatic carbocycles. The number of furan rings is 1. The number of benzene rings is 1. The molecule has 84 valence electrons. The lowest BCUT2D eigenvalue weighted by Crippen LogP contribution is -2.03. The van der Waals surface area contributed by atoms with E-state index in [9.17, 15) is 0 Å². The summed E-state index contributed by atoms with van der Waals surface area (Å²) in [5, 5.41) is 3.07. The molecule has 16 heavy (non-hydrogen) atoms. The summed E-state index contributed by atoms with van der Waals surface area (Å²) in [5.74, 6) is 1.87. The predicted molar refractivity (Wildman–Crippen MR) is 69.3 cm³/mol. The Balaban J connectivity index is 2.34. The van der Waals surface area contributed by atoms with Gasteiger partial charge in [0.05, 0.1) is 6.54 Å². The van der Waals surface area contributed by atoms with Gasteiger partial charge in [0.2, 0.25) is 0 Å². The van der Waals surface area contributed by atoms with Crippen LogP contribution in [0.5, 0.6) is 0 Å². The molecule has 2 aromatic rings. The van der Waals surface area contributed by atoms with Crippen LogP contribution in [-0.2, 0) is 6.54 Å². The van der Waals surface area contributed by atoms with Crippen LogP contribution >= 0.6 is 15.9 Å². The van der Waals surface area contributed by atoms with E-state index in [1.165, 1.54) is 5.56 Å². The van der Waals surface area contributed by atoms with E-state index in [1.807, 2.05) is 19.2 Å². The van der Waals surface area contributed by atoms with Crippen LogP contribution in [0.25, 0.3) is 11.3 Å². The highest BCUT2D eigenvalue weighted by Gasteiger charge is 2.05. The fourth-order valence-electron chi connectivity index (χ4n) is 1.68. The molecule has 1 aromatic heterocycles. The zero-order valence-corrected chi connectivity index (χ0v) is 11.0. The number of rotatable bonds is 3. The largest absolute Gasteiger partial charge is 0.460 e. The van der Waals surface area contributed by atoms with Gasteiger partial charge in [0.15, 0.2) is 0 Å². The van der Waals surface area contributed by atoms with Gasteiger partial charge in [-0.2, -0.15) is 0 Å². The number of hydrogen-bond acceptors (Lipinski definition) is 2. The van der Waals surface area contributed by atoms with Gasteiger partial charge in [-0.05, 0) is 49.9 Å². The molecule has 0 amide bonds. The molecule has 0 aliphatic carbocycles. The SMILES string of the molecule is CNCc1ccc(-c2cc(C)cc(Br)c2)o1. The maximum Gasteiger partial charge on any atom is 0.134 e. The van der Waals surface area contributed by atoms with E-state index in [4.69, 9.17) is 4.42 Å². The minimum absolute atomic E-state index is 0.757. The van der Waals surface area contributed by atoms with Gasteiger partial charge in [-0.1, -0.05) is 15.9 Å². The van der Waals surface area contributed by atoms with E-state index < -0.39 is 0 Å². The maximum atomic E-state index is 5.74. The first kappa shape index (κ1) is 11.4. The van der Waals surface area contributed by atoms with Crippen LogP contribution in [0.1, 0.15) is 11.3 Å². The molecule has 0 bridgehead atoms. The molecule has 0 radical (unpaired) electrons. The van der Waals surface area contributed by atoms with E-state index in [-0.39, 0.29) is 0 Å². The van der Waals surface area contributed by atoms with E-state index in [2.05, 4.69) is 46.4 Å². The normalized spacial score (nSPS) is 10.7. The molecule has 2 nitrogen and oxygen atoms in total. The fourth-order valence-corrected chi connectivity index (χ4v) is 2.29. The average molecular weight is 280 g/mol. The van der Waals surface area contributed by atoms with E-state index in [1.54, 1.807) is 0 Å². The summed E-state index contributed by atoms with van der Waals surface area (Å²) in [6.45, 7) is 2.83. The highest BCUT2D eigenvalue weighted by Crippen LogP contribution is 2.26. The summed E-state index contributed by atoms with van der Waals surface area (Å²) < 4.78 is 6.81. The molecule has 3 heteroatoms. The smallest absolute Gasteiger partial charge is 0.134 e. The molecule has 0 saturated carbocycles. The molecule has 0 spiro atoms. The Morgan fingerprint density at radius 1 is 1.25 bits per heavy atom. The van der Waals surface area contributed by atoms with Crippen molar-refractivity contribution in [1.29, 1.82) is 0 Å². The van der Waals surface area contributed by atoms with Gasteiger partial charge in [0, 0.05) is 10.0 Å². The molecule has 2 rings (SSSR count). The van der Waals surface area contributed by atoms with E-state index in [0.29, 0.717) is 0 Å². The summed E-state index contributed by atoms with van der Waals surface area (Å²) in [6.07, 6.45) is 0. The Kier molecular flexibility index (Phi) is 3.46. The van der Waals surface area contributed by atoms with Gasteiger partial charge in [-0.3, -0.25) is 0 Å². The Bertz CT molecular complexity index is 470. The quantitative estimate of drug-likeness (QED) is 0.926. The highest BCUT2D eigenvalue weighted by atomic mass is 79.9. The standard InChI is InChI=1S/C13H14BrNO/c1-9-5-10(7-11(14)6-9)13-4-3-12(16-13)8-15-2/h3-7,15H,8H2,1-2H3. The Morgan fingerprint density at radius 3 is 2.75 bits per heavy atom. The lowest BCUT2D eigenvalue weighted by atomic mass is 10.1. The van der Waals surface area contributed by atoms with Crippen LogP contribution in [0.2, 0.25) is 0 Å². The molecule has 1 N–H and O–H groups in total. The number of hydrogen-bond donors (Lipinski definition) is 1. The van der Waals surface area contributed by atoms with Crippen molar-refractivity contribution in [1.82, 2.24) is 5.32 Å². The van der Waals surface area contributed by atoms with Crippen LogP contribution in [0.4, 0.5) is 0 Å². The van der Waals surface area contributed by atoms with Crippen molar-refractivity contribution in [3.05, 3.63) is 46.1 Å². The van der Waals surface area contributed by atoms with Crippen molar-refractivity contribution in [3.8, 4) is 11.3 Å². The summed E-state index contributed by atoms with van der Waals surface area (Å²) in [5.41, 5.74) is 2.32. The molecule has 0 saturated heterocycles. The van der Waals surface area contributed by atoms with Gasteiger partial charge in [0.1, 0.15) is 11.5 Å². The van der Waals surface area contributed by atoms with Crippen molar-refractivity contribution in [2.24, 2.45) is 0 Å². The van der Waals surface area contributed by atoms with Crippen molar-refractivity contribution in [3.63, 3.8) is 0 Å². The lowest BCUT2D eigenvalue weighted by molar-refractivity contribution is 0.507. The second kappa shape index (κ2) is 4.85. The van der Waals surface area contributed by atoms with Gasteiger partial charge >= 0.3 is 0 Å². The minimum Gasteiger partial charge on any atom is -0.460 e. The molecular formula is C13H14BrNO. The second-order valence-electron chi connectivity index (χ2n) is 3.81. The number of aryl methyl sites for hydroxylation is 1. The first-order valence-electron chi connectivity index (χ1n) is 5.20. The summed E-state index contributed by atoms with van der Waals surface area (Å²) >= 11 is 3.49. The lowest BCUT2D eigenvalue weighted by Gasteiger charge is -2.01. The molecule has 0 aliphatic heterocycles. The van der Waals surface area contributed by atoms with Gasteiger partial charge in [-0.15, -0.1) is 0 Å². The predicted octanol–water partition coefficient (Wildman–Crippen LogP) is 3.74. The van der Waals surface area contributed by atoms with Crippen LogP contribution in [-0.4, -0.2) is 7.05 Å². The van der Waals surface area contributed by atoms with E-state index >= 15 is 0 Å². The van der Waals surface area contributed by atoms with E-state index in [0.717, 1.165) is 28.1 Å². The second-order valence-corrected chi connectivity index (χ2v) is 4.73. The molecule has 0 atom stereocenters. The fraction of sp³-hybridized carbons (Fsp3) is 0.231. The zero-order chi connectivity index (χ0) is 11.5. The molecule has 1 heterocycles. The van der Waals surface area contributed by atoms with Crippen LogP contribution in [0.15, 0.2) is 39.2 Å². The molecule has 0 unspecified atom stereocenters. The van der Waals surface area contributed by atoms with Crippen molar-refractivity contribution in [2.45, 2.75) is 13.5 Å². The molecular weight excluding hydrogens is 266 g/mol. The summed E-state index contributed by atoms with van der Waals surface area (Å²) in [6, 6.07) is 10.3. The molecule has 0 aliphatic rings. The van der Waals surface area contributed by atoms with Crippen molar-refractivity contribution < 1.29 is 4.42 Å². The minimum atomic E-state index is 0.757. The Labute approximate surface area is 104 Å². The Hall–Kier alpha value is -1.06. The first-order chi connectivity index (χ1) is 7.69. The van der Waals surface area contributed by atoms with Gasteiger partial charge in [0.25, 0.3) is 0 Å². The van der Waals surface area contributed by atoms with Gasteiger partial charge < -0.3 is 9.73 Å². The topological polar surface area (TPSA) is 25.2 Å². The van der Waals surface area contributed by atoms with Crippen LogP contribution in [0, 0.1) is 6.92 Å². The van der Waals surface area contributed by atoms with Crippen molar-refractivity contribution >= 4 is 15.9 Å². The number of halogens is 1. The number of nitrogens with one attached hydrogen (secondary N) is 1. The summed E-state index contributed by atoms with van der Waals surface area (Å²) in [4.78, 5) is 0. The van der Waals surface area contributed by atoms with Crippen LogP contribution < -0.4 is 5.32 Å². The van der Waals surface area contributed by atoms with Gasteiger partial charge in [-0.25, -0.2) is 0 Å².